The van der Waals surface area contributed by atoms with Crippen molar-refractivity contribution in [2.45, 2.75) is 13.0 Å². The van der Waals surface area contributed by atoms with Gasteiger partial charge in [0.05, 0.1) is 24.1 Å². The van der Waals surface area contributed by atoms with Crippen LogP contribution in [0, 0.1) is 23.0 Å². The van der Waals surface area contributed by atoms with Gasteiger partial charge in [0.1, 0.15) is 5.69 Å². The molecule has 2 rings (SSSR count). The van der Waals surface area contributed by atoms with Crippen molar-refractivity contribution in [2.24, 2.45) is 5.92 Å². The number of amides is 1. The summed E-state index contributed by atoms with van der Waals surface area (Å²) < 4.78 is 5.26. The standard InChI is InChI=1S/C13H17N3O4/c1-8-3-4-10(12(5-8)16(18)19)15-13(17)9-6-20-7-11(9)14-2/h3-5,9,11,14H,6-7H2,1-2H3,(H,15,17). The van der Waals surface area contributed by atoms with E-state index in [1.165, 1.54) is 6.07 Å². The van der Waals surface area contributed by atoms with Gasteiger partial charge in [0, 0.05) is 12.1 Å². The number of hydrogen-bond acceptors (Lipinski definition) is 5. The SMILES string of the molecule is CNC1COCC1C(=O)Nc1ccc(C)cc1[N+](=O)[O-]. The maximum absolute atomic E-state index is 12.2. The van der Waals surface area contributed by atoms with Crippen LogP contribution in [0.3, 0.4) is 0 Å². The Morgan fingerprint density at radius 1 is 1.45 bits per heavy atom. The van der Waals surface area contributed by atoms with Crippen LogP contribution in [0.4, 0.5) is 11.4 Å². The topological polar surface area (TPSA) is 93.5 Å². The van der Waals surface area contributed by atoms with E-state index in [0.29, 0.717) is 13.2 Å². The number of nitrogens with zero attached hydrogens (tertiary/aromatic N) is 1. The zero-order chi connectivity index (χ0) is 14.7. The van der Waals surface area contributed by atoms with Crippen LogP contribution in [0.25, 0.3) is 0 Å². The molecule has 2 atom stereocenters. The van der Waals surface area contributed by atoms with Crippen molar-refractivity contribution < 1.29 is 14.5 Å². The lowest BCUT2D eigenvalue weighted by atomic mass is 10.0. The fraction of sp³-hybridized carbons (Fsp3) is 0.462. The summed E-state index contributed by atoms with van der Waals surface area (Å²) in [6, 6.07) is 4.65. The van der Waals surface area contributed by atoms with Gasteiger partial charge in [-0.2, -0.15) is 0 Å². The van der Waals surface area contributed by atoms with Crippen LogP contribution >= 0.6 is 0 Å². The lowest BCUT2D eigenvalue weighted by Crippen LogP contribution is -2.39. The molecule has 0 radical (unpaired) electrons. The normalized spacial score (nSPS) is 21.7. The number of ether oxygens (including phenoxy) is 1. The van der Waals surface area contributed by atoms with Gasteiger partial charge in [-0.15, -0.1) is 0 Å². The van der Waals surface area contributed by atoms with Crippen LogP contribution in [-0.2, 0) is 9.53 Å². The molecule has 1 aromatic carbocycles. The number of nitro groups is 1. The molecular formula is C13H17N3O4. The second-order valence-corrected chi connectivity index (χ2v) is 4.81. The van der Waals surface area contributed by atoms with Crippen molar-refractivity contribution in [3.05, 3.63) is 33.9 Å². The van der Waals surface area contributed by atoms with E-state index in [9.17, 15) is 14.9 Å². The number of carbonyl (C=O) groups excluding carboxylic acids is 1. The first-order valence-corrected chi connectivity index (χ1v) is 6.34. The van der Waals surface area contributed by atoms with Gasteiger partial charge in [-0.3, -0.25) is 14.9 Å². The maximum atomic E-state index is 12.2. The molecule has 1 aliphatic heterocycles. The van der Waals surface area contributed by atoms with E-state index >= 15 is 0 Å². The molecule has 1 heterocycles. The van der Waals surface area contributed by atoms with Crippen LogP contribution in [0.15, 0.2) is 18.2 Å². The van der Waals surface area contributed by atoms with Gasteiger partial charge >= 0.3 is 0 Å². The first-order valence-electron chi connectivity index (χ1n) is 6.34. The molecule has 7 nitrogen and oxygen atoms in total. The van der Waals surface area contributed by atoms with Crippen LogP contribution in [0.1, 0.15) is 5.56 Å². The monoisotopic (exact) mass is 279 g/mol. The Labute approximate surface area is 116 Å². The number of hydrogen-bond donors (Lipinski definition) is 2. The van der Waals surface area contributed by atoms with Gasteiger partial charge < -0.3 is 15.4 Å². The summed E-state index contributed by atoms with van der Waals surface area (Å²) in [5.41, 5.74) is 0.887. The highest BCUT2D eigenvalue weighted by Crippen LogP contribution is 2.26. The summed E-state index contributed by atoms with van der Waals surface area (Å²) in [6.07, 6.45) is 0. The van der Waals surface area contributed by atoms with Gasteiger partial charge in [-0.05, 0) is 25.6 Å². The number of nitrogens with one attached hydrogen (secondary N) is 2. The van der Waals surface area contributed by atoms with Crippen LogP contribution in [0.5, 0.6) is 0 Å². The molecule has 20 heavy (non-hydrogen) atoms. The lowest BCUT2D eigenvalue weighted by molar-refractivity contribution is -0.384. The maximum Gasteiger partial charge on any atom is 0.293 e. The minimum Gasteiger partial charge on any atom is -0.379 e. The summed E-state index contributed by atoms with van der Waals surface area (Å²) in [7, 11) is 1.76. The van der Waals surface area contributed by atoms with Crippen molar-refractivity contribution in [3.8, 4) is 0 Å². The largest absolute Gasteiger partial charge is 0.379 e. The molecule has 0 aliphatic carbocycles. The van der Waals surface area contributed by atoms with E-state index in [1.807, 2.05) is 0 Å². The third kappa shape index (κ3) is 2.94. The Kier molecular flexibility index (Phi) is 4.31. The van der Waals surface area contributed by atoms with Crippen molar-refractivity contribution in [3.63, 3.8) is 0 Å². The molecule has 1 amide bonds. The zero-order valence-corrected chi connectivity index (χ0v) is 11.4. The molecule has 1 saturated heterocycles. The number of benzene rings is 1. The number of anilines is 1. The highest BCUT2D eigenvalue weighted by Gasteiger charge is 2.33. The van der Waals surface area contributed by atoms with Gasteiger partial charge in [-0.25, -0.2) is 0 Å². The third-order valence-electron chi connectivity index (χ3n) is 3.40. The summed E-state index contributed by atoms with van der Waals surface area (Å²) in [5.74, 6) is -0.616. The molecule has 0 saturated carbocycles. The molecule has 108 valence electrons. The number of aryl methyl sites for hydroxylation is 1. The summed E-state index contributed by atoms with van der Waals surface area (Å²) in [6.45, 7) is 2.54. The van der Waals surface area contributed by atoms with Crippen LogP contribution < -0.4 is 10.6 Å². The quantitative estimate of drug-likeness (QED) is 0.635. The molecule has 1 fully saturated rings. The van der Waals surface area contributed by atoms with Gasteiger partial charge in [0.2, 0.25) is 5.91 Å². The summed E-state index contributed by atoms with van der Waals surface area (Å²) in [5, 5.41) is 16.6. The highest BCUT2D eigenvalue weighted by atomic mass is 16.6. The Morgan fingerprint density at radius 3 is 2.85 bits per heavy atom. The number of likely N-dealkylation sites (N-methyl/N-ethyl adjacent to an activating group) is 1. The third-order valence-corrected chi connectivity index (χ3v) is 3.40. The predicted molar refractivity (Wildman–Crippen MR) is 73.6 cm³/mol. The molecule has 0 spiro atoms. The molecular weight excluding hydrogens is 262 g/mol. The first-order chi connectivity index (χ1) is 9.52. The van der Waals surface area contributed by atoms with Crippen molar-refractivity contribution in [2.75, 3.05) is 25.6 Å². The molecule has 7 heteroatoms. The summed E-state index contributed by atoms with van der Waals surface area (Å²) in [4.78, 5) is 22.7. The van der Waals surface area contributed by atoms with Crippen molar-refractivity contribution in [1.29, 1.82) is 0 Å². The van der Waals surface area contributed by atoms with E-state index in [1.54, 1.807) is 26.1 Å². The molecule has 1 aromatic rings. The first kappa shape index (κ1) is 14.4. The minimum atomic E-state index is -0.497. The highest BCUT2D eigenvalue weighted by molar-refractivity contribution is 5.95. The van der Waals surface area contributed by atoms with Gasteiger partial charge in [0.25, 0.3) is 5.69 Å². The second kappa shape index (κ2) is 5.98. The molecule has 2 unspecified atom stereocenters. The number of carbonyl (C=O) groups is 1. The predicted octanol–water partition coefficient (Wildman–Crippen LogP) is 1.08. The Balaban J connectivity index is 2.17. The number of rotatable bonds is 4. The minimum absolute atomic E-state index is 0.0699. The lowest BCUT2D eigenvalue weighted by Gasteiger charge is -2.16. The van der Waals surface area contributed by atoms with Gasteiger partial charge in [0.15, 0.2) is 0 Å². The van der Waals surface area contributed by atoms with E-state index in [4.69, 9.17) is 4.74 Å². The molecule has 1 aliphatic rings. The van der Waals surface area contributed by atoms with Crippen LogP contribution in [0.2, 0.25) is 0 Å². The Hall–Kier alpha value is -1.99. The zero-order valence-electron chi connectivity index (χ0n) is 11.4. The number of nitro benzene ring substituents is 1. The van der Waals surface area contributed by atoms with Gasteiger partial charge in [-0.1, -0.05) is 6.07 Å². The van der Waals surface area contributed by atoms with E-state index in [0.717, 1.165) is 5.56 Å². The Bertz CT molecular complexity index is 532. The summed E-state index contributed by atoms with van der Waals surface area (Å²) >= 11 is 0. The second-order valence-electron chi connectivity index (χ2n) is 4.81. The van der Waals surface area contributed by atoms with E-state index < -0.39 is 4.92 Å². The Morgan fingerprint density at radius 2 is 2.20 bits per heavy atom. The average Bonchev–Trinajstić information content (AvgIpc) is 2.89. The fourth-order valence-corrected chi connectivity index (χ4v) is 2.22. The van der Waals surface area contributed by atoms with Crippen molar-refractivity contribution >= 4 is 17.3 Å². The average molecular weight is 279 g/mol. The fourth-order valence-electron chi connectivity index (χ4n) is 2.22. The van der Waals surface area contributed by atoms with E-state index in [-0.39, 0.29) is 29.2 Å². The van der Waals surface area contributed by atoms with Crippen LogP contribution in [-0.4, -0.2) is 37.1 Å². The smallest absolute Gasteiger partial charge is 0.293 e. The molecule has 0 bridgehead atoms. The molecule has 2 N–H and O–H groups in total. The van der Waals surface area contributed by atoms with Crippen molar-refractivity contribution in [1.82, 2.24) is 5.32 Å². The van der Waals surface area contributed by atoms with E-state index in [2.05, 4.69) is 10.6 Å². The molecule has 0 aromatic heterocycles.